The van der Waals surface area contributed by atoms with Gasteiger partial charge in [-0.05, 0) is 55.3 Å². The lowest BCUT2D eigenvalue weighted by atomic mass is 9.91. The summed E-state index contributed by atoms with van der Waals surface area (Å²) in [4.78, 5) is 39.7. The molecule has 1 saturated heterocycles. The summed E-state index contributed by atoms with van der Waals surface area (Å²) in [5.41, 5.74) is 5.04. The molecular weight excluding hydrogens is 454 g/mol. The lowest BCUT2D eigenvalue weighted by Crippen LogP contribution is -2.43. The van der Waals surface area contributed by atoms with Crippen LogP contribution in [0.5, 0.6) is 0 Å². The van der Waals surface area contributed by atoms with Crippen molar-refractivity contribution in [3.05, 3.63) is 71.7 Å². The number of carbonyl (C=O) groups is 2. The molecule has 9 nitrogen and oxygen atoms in total. The number of fused-ring (bicyclic) bond motifs is 2. The molecule has 0 unspecified atom stereocenters. The molecule has 4 N–H and O–H groups in total. The molecule has 0 bridgehead atoms. The van der Waals surface area contributed by atoms with Crippen molar-refractivity contribution in [2.45, 2.75) is 19.4 Å². The van der Waals surface area contributed by atoms with E-state index in [0.29, 0.717) is 16.8 Å². The minimum absolute atomic E-state index is 0.0524. The Hall–Kier alpha value is -4.24. The summed E-state index contributed by atoms with van der Waals surface area (Å²) >= 11 is 0. The summed E-state index contributed by atoms with van der Waals surface area (Å²) < 4.78 is 0. The Morgan fingerprint density at radius 3 is 2.72 bits per heavy atom. The summed E-state index contributed by atoms with van der Waals surface area (Å²) in [5.74, 6) is 0.539. The molecule has 4 aromatic rings. The second kappa shape index (κ2) is 8.46. The van der Waals surface area contributed by atoms with Crippen LogP contribution >= 0.6 is 0 Å². The van der Waals surface area contributed by atoms with Crippen molar-refractivity contribution < 1.29 is 9.59 Å². The molecule has 3 aromatic heterocycles. The Morgan fingerprint density at radius 1 is 1.06 bits per heavy atom. The number of H-pyrrole nitrogens is 1. The average Bonchev–Trinajstić information content (AvgIpc) is 3.41. The van der Waals surface area contributed by atoms with Crippen LogP contribution in [0.15, 0.2) is 55.0 Å². The van der Waals surface area contributed by atoms with Gasteiger partial charge in [0.15, 0.2) is 0 Å². The second-order valence-electron chi connectivity index (χ2n) is 9.76. The topological polar surface area (TPSA) is 115 Å². The van der Waals surface area contributed by atoms with Crippen molar-refractivity contribution >= 4 is 34.4 Å². The van der Waals surface area contributed by atoms with Crippen LogP contribution in [0.4, 0.5) is 11.5 Å². The molecular formula is C27H27N7O2. The van der Waals surface area contributed by atoms with Gasteiger partial charge >= 0.3 is 0 Å². The highest BCUT2D eigenvalue weighted by Crippen LogP contribution is 2.36. The lowest BCUT2D eigenvalue weighted by molar-refractivity contribution is 0.0939. The molecule has 1 aromatic carbocycles. The maximum Gasteiger partial charge on any atom is 0.255 e. The van der Waals surface area contributed by atoms with Crippen LogP contribution in [-0.4, -0.2) is 52.9 Å². The van der Waals surface area contributed by atoms with Gasteiger partial charge in [-0.2, -0.15) is 0 Å². The van der Waals surface area contributed by atoms with Gasteiger partial charge in [-0.3, -0.25) is 9.59 Å². The van der Waals surface area contributed by atoms with Crippen molar-refractivity contribution in [3.8, 4) is 11.1 Å². The standard InChI is InChI=1S/C27H27N7O2/c1-27(2)22-11-16(3-4-19(22)26(36)33-27)21-15-31-24-20(21)13-18(14-30-24)32-25(35)17-5-6-29-23(12-17)34-9-7-28-8-10-34/h3-6,11-15,28H,7-10H2,1-2H3,(H,30,31)(H,32,35)(H,33,36). The van der Waals surface area contributed by atoms with Crippen LogP contribution in [-0.2, 0) is 5.54 Å². The Labute approximate surface area is 208 Å². The van der Waals surface area contributed by atoms with Gasteiger partial charge in [-0.25, -0.2) is 9.97 Å². The van der Waals surface area contributed by atoms with Gasteiger partial charge in [0.1, 0.15) is 11.5 Å². The van der Waals surface area contributed by atoms with E-state index in [1.54, 1.807) is 18.5 Å². The van der Waals surface area contributed by atoms with Crippen LogP contribution in [0, 0.1) is 0 Å². The van der Waals surface area contributed by atoms with Gasteiger partial charge in [-0.15, -0.1) is 0 Å². The van der Waals surface area contributed by atoms with E-state index in [1.165, 1.54) is 0 Å². The second-order valence-corrected chi connectivity index (χ2v) is 9.76. The van der Waals surface area contributed by atoms with Crippen molar-refractivity contribution in [3.63, 3.8) is 0 Å². The maximum absolute atomic E-state index is 13.1. The largest absolute Gasteiger partial charge is 0.354 e. The van der Waals surface area contributed by atoms with E-state index >= 15 is 0 Å². The molecule has 0 atom stereocenters. The quantitative estimate of drug-likeness (QED) is 0.356. The van der Waals surface area contributed by atoms with Crippen LogP contribution in [0.3, 0.4) is 0 Å². The zero-order chi connectivity index (χ0) is 24.9. The first-order chi connectivity index (χ1) is 17.4. The number of aromatic amines is 1. The zero-order valence-corrected chi connectivity index (χ0v) is 20.2. The molecule has 0 aliphatic carbocycles. The minimum atomic E-state index is -0.431. The van der Waals surface area contributed by atoms with E-state index in [9.17, 15) is 9.59 Å². The molecule has 0 radical (unpaired) electrons. The zero-order valence-electron chi connectivity index (χ0n) is 20.2. The molecule has 5 heterocycles. The highest BCUT2D eigenvalue weighted by atomic mass is 16.2. The number of nitrogens with zero attached hydrogens (tertiary/aromatic N) is 3. The number of carbonyl (C=O) groups excluding carboxylic acids is 2. The normalized spacial score (nSPS) is 16.6. The number of rotatable bonds is 4. The summed E-state index contributed by atoms with van der Waals surface area (Å²) in [6, 6.07) is 11.3. The van der Waals surface area contributed by atoms with E-state index in [4.69, 9.17) is 0 Å². The van der Waals surface area contributed by atoms with Crippen molar-refractivity contribution in [1.82, 2.24) is 25.6 Å². The first-order valence-electron chi connectivity index (χ1n) is 12.1. The number of nitrogens with one attached hydrogen (secondary N) is 4. The Bertz CT molecular complexity index is 1500. The Kier molecular flexibility index (Phi) is 5.22. The van der Waals surface area contributed by atoms with Gasteiger partial charge in [0.05, 0.1) is 17.4 Å². The third-order valence-corrected chi connectivity index (χ3v) is 6.91. The van der Waals surface area contributed by atoms with Crippen LogP contribution in [0.2, 0.25) is 0 Å². The molecule has 2 aliphatic rings. The predicted molar refractivity (Wildman–Crippen MR) is 139 cm³/mol. The van der Waals surface area contributed by atoms with Gasteiger partial charge < -0.3 is 25.8 Å². The molecule has 2 aliphatic heterocycles. The van der Waals surface area contributed by atoms with Crippen LogP contribution in [0.25, 0.3) is 22.2 Å². The van der Waals surface area contributed by atoms with Crippen LogP contribution in [0.1, 0.15) is 40.1 Å². The fourth-order valence-electron chi connectivity index (χ4n) is 4.99. The molecule has 1 fully saturated rings. The lowest BCUT2D eigenvalue weighted by Gasteiger charge is -2.28. The predicted octanol–water partition coefficient (Wildman–Crippen LogP) is 3.27. The molecule has 2 amide bonds. The number of aromatic nitrogens is 3. The summed E-state index contributed by atoms with van der Waals surface area (Å²) in [5, 5.41) is 10.2. The van der Waals surface area contributed by atoms with Crippen LogP contribution < -0.4 is 20.9 Å². The van der Waals surface area contributed by atoms with Gasteiger partial charge in [0.25, 0.3) is 11.8 Å². The number of benzene rings is 1. The van der Waals surface area contributed by atoms with Gasteiger partial charge in [0, 0.05) is 60.6 Å². The first kappa shape index (κ1) is 22.2. The van der Waals surface area contributed by atoms with Crippen molar-refractivity contribution in [2.24, 2.45) is 0 Å². The van der Waals surface area contributed by atoms with Gasteiger partial charge in [0.2, 0.25) is 0 Å². The maximum atomic E-state index is 13.1. The number of amides is 2. The van der Waals surface area contributed by atoms with E-state index in [2.05, 4.69) is 41.9 Å². The van der Waals surface area contributed by atoms with Crippen molar-refractivity contribution in [2.75, 3.05) is 36.4 Å². The fourth-order valence-corrected chi connectivity index (χ4v) is 4.99. The fraction of sp³-hybridized carbons (Fsp3) is 0.259. The summed E-state index contributed by atoms with van der Waals surface area (Å²) in [7, 11) is 0. The Balaban J connectivity index is 1.28. The molecule has 36 heavy (non-hydrogen) atoms. The van der Waals surface area contributed by atoms with E-state index in [1.807, 2.05) is 44.3 Å². The molecule has 182 valence electrons. The number of hydrogen-bond acceptors (Lipinski definition) is 6. The highest BCUT2D eigenvalue weighted by Gasteiger charge is 2.35. The average molecular weight is 482 g/mol. The van der Waals surface area contributed by atoms with E-state index in [-0.39, 0.29) is 11.8 Å². The monoisotopic (exact) mass is 481 g/mol. The van der Waals surface area contributed by atoms with Gasteiger partial charge in [-0.1, -0.05) is 6.07 Å². The number of hydrogen-bond donors (Lipinski definition) is 4. The third-order valence-electron chi connectivity index (χ3n) is 6.91. The van der Waals surface area contributed by atoms with E-state index in [0.717, 1.165) is 59.7 Å². The Morgan fingerprint density at radius 2 is 1.89 bits per heavy atom. The molecule has 9 heteroatoms. The molecule has 6 rings (SSSR count). The number of piperazine rings is 1. The third kappa shape index (κ3) is 3.87. The molecule has 0 saturated carbocycles. The first-order valence-corrected chi connectivity index (χ1v) is 12.1. The summed E-state index contributed by atoms with van der Waals surface area (Å²) in [6.45, 7) is 7.52. The number of anilines is 2. The van der Waals surface area contributed by atoms with E-state index < -0.39 is 5.54 Å². The number of pyridine rings is 2. The smallest absolute Gasteiger partial charge is 0.255 e. The van der Waals surface area contributed by atoms with Crippen molar-refractivity contribution in [1.29, 1.82) is 0 Å². The summed E-state index contributed by atoms with van der Waals surface area (Å²) in [6.07, 6.45) is 5.23. The molecule has 0 spiro atoms. The highest BCUT2D eigenvalue weighted by molar-refractivity contribution is 6.06. The SMILES string of the molecule is CC1(C)NC(=O)c2ccc(-c3c[nH]c4ncc(NC(=O)c5ccnc(N6CCNCC6)c5)cc34)cc21. The minimum Gasteiger partial charge on any atom is -0.354 e.